The number of aromatic hydroxyl groups is 1. The van der Waals surface area contributed by atoms with E-state index in [1.807, 2.05) is 51.1 Å². The van der Waals surface area contributed by atoms with E-state index in [0.29, 0.717) is 23.4 Å². The lowest BCUT2D eigenvalue weighted by Crippen LogP contribution is -2.59. The normalized spacial score (nSPS) is 12.9. The lowest BCUT2D eigenvalue weighted by molar-refractivity contribution is -0.147. The van der Waals surface area contributed by atoms with Crippen molar-refractivity contribution in [3.05, 3.63) is 89.5 Å². The molecule has 0 aliphatic carbocycles. The average molecular weight is 604 g/mol. The van der Waals surface area contributed by atoms with Gasteiger partial charge in [0.25, 0.3) is 5.91 Å². The second kappa shape index (κ2) is 14.3. The minimum atomic E-state index is -1.25. The van der Waals surface area contributed by atoms with Crippen LogP contribution in [0.5, 0.6) is 11.5 Å². The molecule has 3 N–H and O–H groups in total. The number of nitrogens with zero attached hydrogens (tertiary/aromatic N) is 1. The second-order valence-corrected chi connectivity index (χ2v) is 12.4. The number of carbonyl (C=O) groups is 3. The summed E-state index contributed by atoms with van der Waals surface area (Å²) in [5, 5.41) is 16.9. The number of methoxy groups -OCH3 is 1. The van der Waals surface area contributed by atoms with Crippen molar-refractivity contribution in [3.8, 4) is 11.5 Å². The number of phenols is 1. The summed E-state index contributed by atoms with van der Waals surface area (Å²) in [5.74, 6) is -0.493. The summed E-state index contributed by atoms with van der Waals surface area (Å²) >= 11 is 0. The molecule has 3 rings (SSSR count). The number of nitrogens with one attached hydrogen (secondary N) is 2. The van der Waals surface area contributed by atoms with Crippen molar-refractivity contribution in [2.45, 2.75) is 84.5 Å². The Balaban J connectivity index is 2.16. The van der Waals surface area contributed by atoms with Gasteiger partial charge in [-0.25, -0.2) is 4.79 Å². The van der Waals surface area contributed by atoms with E-state index in [2.05, 4.69) is 10.6 Å². The average Bonchev–Trinajstić information content (AvgIpc) is 2.96. The third-order valence-electron chi connectivity index (χ3n) is 7.45. The number of para-hydroxylation sites is 1. The molecule has 0 radical (unpaired) electrons. The molecule has 0 saturated heterocycles. The van der Waals surface area contributed by atoms with Crippen LogP contribution in [0.15, 0.2) is 72.8 Å². The quantitative estimate of drug-likeness (QED) is 0.229. The molecule has 0 bridgehead atoms. The van der Waals surface area contributed by atoms with Gasteiger partial charge in [0.15, 0.2) is 0 Å². The topological polar surface area (TPSA) is 117 Å². The molecule has 9 heteroatoms. The van der Waals surface area contributed by atoms with Crippen LogP contribution in [-0.4, -0.2) is 52.2 Å². The van der Waals surface area contributed by atoms with E-state index in [9.17, 15) is 19.5 Å². The van der Waals surface area contributed by atoms with Gasteiger partial charge in [-0.1, -0.05) is 55.5 Å². The zero-order valence-electron chi connectivity index (χ0n) is 26.9. The fraction of sp³-hybridized carbons (Fsp3) is 0.400. The van der Waals surface area contributed by atoms with Crippen molar-refractivity contribution in [3.63, 3.8) is 0 Å². The first-order chi connectivity index (χ1) is 20.7. The van der Waals surface area contributed by atoms with Crippen molar-refractivity contribution in [1.82, 2.24) is 10.2 Å². The minimum absolute atomic E-state index is 0.0909. The molecule has 0 spiro atoms. The van der Waals surface area contributed by atoms with Crippen molar-refractivity contribution >= 4 is 23.6 Å². The number of ether oxygens (including phenoxy) is 2. The van der Waals surface area contributed by atoms with Gasteiger partial charge in [0, 0.05) is 23.2 Å². The lowest BCUT2D eigenvalue weighted by atomic mass is 9.90. The van der Waals surface area contributed by atoms with Gasteiger partial charge >= 0.3 is 6.09 Å². The number of alkyl carbamates (subject to hydrolysis) is 1. The smallest absolute Gasteiger partial charge is 0.408 e. The van der Waals surface area contributed by atoms with E-state index in [1.165, 1.54) is 4.90 Å². The van der Waals surface area contributed by atoms with E-state index in [4.69, 9.17) is 9.47 Å². The molecule has 3 aromatic carbocycles. The molecular weight excluding hydrogens is 558 g/mol. The molecule has 0 aliphatic heterocycles. The molecule has 0 saturated carbocycles. The Morgan fingerprint density at radius 2 is 1.55 bits per heavy atom. The highest BCUT2D eigenvalue weighted by atomic mass is 16.6. The molecule has 236 valence electrons. The number of phenolic OH excluding ortho intramolecular Hbond substituents is 1. The first-order valence-corrected chi connectivity index (χ1v) is 14.8. The number of hydrogen-bond acceptors (Lipinski definition) is 6. The molecule has 0 heterocycles. The van der Waals surface area contributed by atoms with Crippen LogP contribution in [0.4, 0.5) is 10.5 Å². The van der Waals surface area contributed by atoms with E-state index >= 15 is 0 Å². The fourth-order valence-corrected chi connectivity index (χ4v) is 4.80. The van der Waals surface area contributed by atoms with E-state index in [0.717, 1.165) is 5.56 Å². The Kier molecular flexibility index (Phi) is 11.0. The van der Waals surface area contributed by atoms with Crippen LogP contribution in [0.3, 0.4) is 0 Å². The van der Waals surface area contributed by atoms with Gasteiger partial charge in [0.05, 0.1) is 7.11 Å². The first-order valence-electron chi connectivity index (χ1n) is 14.8. The number of rotatable bonds is 11. The molecular formula is C35H45N3O6. The van der Waals surface area contributed by atoms with Crippen molar-refractivity contribution in [2.24, 2.45) is 0 Å². The van der Waals surface area contributed by atoms with E-state index in [-0.39, 0.29) is 17.7 Å². The molecule has 3 aromatic rings. The molecule has 3 amide bonds. The van der Waals surface area contributed by atoms with Gasteiger partial charge in [-0.15, -0.1) is 0 Å². The number of amides is 3. The number of anilines is 1. The Hall–Kier alpha value is -4.53. The predicted molar refractivity (Wildman–Crippen MR) is 172 cm³/mol. The Labute approximate surface area is 260 Å². The highest BCUT2D eigenvalue weighted by molar-refractivity contribution is 5.99. The maximum absolute atomic E-state index is 14.8. The molecule has 0 aliphatic rings. The van der Waals surface area contributed by atoms with Crippen LogP contribution in [0.1, 0.15) is 70.7 Å². The number of hydrogen-bond donors (Lipinski definition) is 3. The maximum Gasteiger partial charge on any atom is 0.408 e. The molecule has 0 fully saturated rings. The Morgan fingerprint density at radius 3 is 2.11 bits per heavy atom. The third-order valence-corrected chi connectivity index (χ3v) is 7.45. The summed E-state index contributed by atoms with van der Waals surface area (Å²) in [7, 11) is 1.55. The van der Waals surface area contributed by atoms with Crippen LogP contribution in [0.25, 0.3) is 0 Å². The molecule has 2 atom stereocenters. The Bertz CT molecular complexity index is 1430. The molecule has 44 heavy (non-hydrogen) atoms. The maximum atomic E-state index is 14.8. The number of benzene rings is 3. The van der Waals surface area contributed by atoms with Gasteiger partial charge < -0.3 is 30.1 Å². The molecule has 2 unspecified atom stereocenters. The van der Waals surface area contributed by atoms with Gasteiger partial charge in [-0.3, -0.25) is 9.59 Å². The van der Waals surface area contributed by atoms with Gasteiger partial charge in [-0.2, -0.15) is 0 Å². The van der Waals surface area contributed by atoms with E-state index in [1.54, 1.807) is 77.3 Å². The monoisotopic (exact) mass is 603 g/mol. The van der Waals surface area contributed by atoms with Crippen molar-refractivity contribution < 1.29 is 29.0 Å². The summed E-state index contributed by atoms with van der Waals surface area (Å²) in [6, 6.07) is 18.9. The third kappa shape index (κ3) is 8.75. The number of carbonyl (C=O) groups excluding carboxylic acids is 3. The molecule has 0 aromatic heterocycles. The zero-order chi connectivity index (χ0) is 32.7. The highest BCUT2D eigenvalue weighted by Crippen LogP contribution is 2.38. The van der Waals surface area contributed by atoms with Crippen LogP contribution >= 0.6 is 0 Å². The standard InChI is InChI=1S/C35H45N3O6/c1-9-35(6,7)38(32(41)28(22-24-15-11-10-12-16-24)37-33(42)44-34(3,4)5)29(27-17-13-14-23(2)30(27)39)31(40)36-25-18-20-26(43-8)21-19-25/h10-21,28-29,39H,9,22H2,1-8H3,(H,36,40)(H,37,42). The molecule has 9 nitrogen and oxygen atoms in total. The number of aryl methyl sites for hydroxylation is 1. The van der Waals surface area contributed by atoms with E-state index < -0.39 is 41.1 Å². The largest absolute Gasteiger partial charge is 0.507 e. The van der Waals surface area contributed by atoms with Crippen molar-refractivity contribution in [1.29, 1.82) is 0 Å². The van der Waals surface area contributed by atoms with Gasteiger partial charge in [0.2, 0.25) is 5.91 Å². The summed E-state index contributed by atoms with van der Waals surface area (Å²) in [6.45, 7) is 12.6. The SMILES string of the molecule is CCC(C)(C)N(C(=O)C(Cc1ccccc1)NC(=O)OC(C)(C)C)C(C(=O)Nc1ccc(OC)cc1)c1cccc(C)c1O. The highest BCUT2D eigenvalue weighted by Gasteiger charge is 2.44. The summed E-state index contributed by atoms with van der Waals surface area (Å²) in [5.41, 5.74) is 0.442. The predicted octanol–water partition coefficient (Wildman–Crippen LogP) is 6.54. The van der Waals surface area contributed by atoms with Crippen LogP contribution in [0.2, 0.25) is 0 Å². The lowest BCUT2D eigenvalue weighted by Gasteiger charge is -2.44. The summed E-state index contributed by atoms with van der Waals surface area (Å²) in [6.07, 6.45) is -0.122. The van der Waals surface area contributed by atoms with Gasteiger partial charge in [-0.05, 0) is 83.4 Å². The van der Waals surface area contributed by atoms with Crippen LogP contribution in [0, 0.1) is 6.92 Å². The second-order valence-electron chi connectivity index (χ2n) is 12.4. The summed E-state index contributed by atoms with van der Waals surface area (Å²) in [4.78, 5) is 43.6. The van der Waals surface area contributed by atoms with Crippen LogP contribution in [-0.2, 0) is 20.7 Å². The Morgan fingerprint density at radius 1 is 0.909 bits per heavy atom. The summed E-state index contributed by atoms with van der Waals surface area (Å²) < 4.78 is 10.8. The zero-order valence-corrected chi connectivity index (χ0v) is 26.9. The minimum Gasteiger partial charge on any atom is -0.507 e. The van der Waals surface area contributed by atoms with Gasteiger partial charge in [0.1, 0.15) is 29.2 Å². The van der Waals surface area contributed by atoms with Crippen molar-refractivity contribution in [2.75, 3.05) is 12.4 Å². The fourth-order valence-electron chi connectivity index (χ4n) is 4.80. The first kappa shape index (κ1) is 34.0. The van der Waals surface area contributed by atoms with Crippen LogP contribution < -0.4 is 15.4 Å².